The summed E-state index contributed by atoms with van der Waals surface area (Å²) >= 11 is 2.04. The zero-order valence-electron chi connectivity index (χ0n) is 15.4. The average Bonchev–Trinajstić information content (AvgIpc) is 2.51. The number of rotatable bonds is 4. The average molecular weight is 463 g/mol. The Morgan fingerprint density at radius 1 is 1.42 bits per heavy atom. The Morgan fingerprint density at radius 3 is 2.79 bits per heavy atom. The van der Waals surface area contributed by atoms with Gasteiger partial charge in [0.2, 0.25) is 0 Å². The fraction of sp³-hybridized carbons (Fsp3) is 0.611. The molecule has 0 saturated carbocycles. The molecule has 1 heterocycles. The number of nitrogens with zero attached hydrogens (tertiary/aromatic N) is 2. The smallest absolute Gasteiger partial charge is 0.193 e. The number of halogens is 1. The number of methoxy groups -OCH3 is 1. The SMILES string of the molecule is CN=C(NCCc1cc(C)ccc1OC)N1CCSC(C)(C)C1.I. The highest BCUT2D eigenvalue weighted by molar-refractivity contribution is 14.0. The Balaban J connectivity index is 0.00000288. The van der Waals surface area contributed by atoms with Crippen molar-refractivity contribution in [1.29, 1.82) is 0 Å². The van der Waals surface area contributed by atoms with Gasteiger partial charge in [-0.1, -0.05) is 17.7 Å². The lowest BCUT2D eigenvalue weighted by Gasteiger charge is -2.39. The third-order valence-electron chi connectivity index (χ3n) is 4.05. The summed E-state index contributed by atoms with van der Waals surface area (Å²) in [5, 5.41) is 3.51. The van der Waals surface area contributed by atoms with Gasteiger partial charge in [-0.2, -0.15) is 11.8 Å². The first kappa shape index (κ1) is 21.4. The van der Waals surface area contributed by atoms with Crippen LogP contribution in [-0.4, -0.2) is 55.2 Å². The first-order chi connectivity index (χ1) is 10.9. The topological polar surface area (TPSA) is 36.9 Å². The van der Waals surface area contributed by atoms with Crippen LogP contribution >= 0.6 is 35.7 Å². The van der Waals surface area contributed by atoms with Crippen molar-refractivity contribution in [1.82, 2.24) is 10.2 Å². The van der Waals surface area contributed by atoms with Gasteiger partial charge in [0, 0.05) is 37.2 Å². The fourth-order valence-electron chi connectivity index (χ4n) is 2.94. The lowest BCUT2D eigenvalue weighted by Crippen LogP contribution is -2.51. The van der Waals surface area contributed by atoms with Crippen molar-refractivity contribution in [3.63, 3.8) is 0 Å². The van der Waals surface area contributed by atoms with Crippen molar-refractivity contribution in [3.05, 3.63) is 29.3 Å². The van der Waals surface area contributed by atoms with Crippen LogP contribution in [0.2, 0.25) is 0 Å². The summed E-state index contributed by atoms with van der Waals surface area (Å²) in [5.41, 5.74) is 2.50. The second-order valence-electron chi connectivity index (χ2n) is 6.57. The normalized spacial score (nSPS) is 17.2. The number of benzene rings is 1. The summed E-state index contributed by atoms with van der Waals surface area (Å²) in [4.78, 5) is 6.82. The van der Waals surface area contributed by atoms with E-state index in [1.807, 2.05) is 24.9 Å². The van der Waals surface area contributed by atoms with Gasteiger partial charge in [0.25, 0.3) is 0 Å². The van der Waals surface area contributed by atoms with Gasteiger partial charge in [0.05, 0.1) is 7.11 Å². The minimum absolute atomic E-state index is 0. The molecule has 4 nitrogen and oxygen atoms in total. The molecule has 0 aromatic heterocycles. The lowest BCUT2D eigenvalue weighted by molar-refractivity contribution is 0.376. The number of guanidine groups is 1. The van der Waals surface area contributed by atoms with Crippen LogP contribution in [0, 0.1) is 6.92 Å². The molecule has 0 unspecified atom stereocenters. The van der Waals surface area contributed by atoms with E-state index in [9.17, 15) is 0 Å². The van der Waals surface area contributed by atoms with Crippen LogP contribution in [-0.2, 0) is 6.42 Å². The molecule has 1 aromatic carbocycles. The van der Waals surface area contributed by atoms with E-state index in [0.717, 1.165) is 43.5 Å². The molecule has 24 heavy (non-hydrogen) atoms. The van der Waals surface area contributed by atoms with Crippen molar-refractivity contribution < 1.29 is 4.74 Å². The van der Waals surface area contributed by atoms with Crippen LogP contribution in [0.1, 0.15) is 25.0 Å². The minimum Gasteiger partial charge on any atom is -0.496 e. The van der Waals surface area contributed by atoms with E-state index in [4.69, 9.17) is 4.74 Å². The van der Waals surface area contributed by atoms with Gasteiger partial charge in [-0.05, 0) is 38.8 Å². The van der Waals surface area contributed by atoms with Crippen LogP contribution in [0.25, 0.3) is 0 Å². The molecular weight excluding hydrogens is 433 g/mol. The third-order valence-corrected chi connectivity index (χ3v) is 5.35. The predicted octanol–water partition coefficient (Wildman–Crippen LogP) is 3.57. The molecule has 6 heteroatoms. The number of ether oxygens (including phenoxy) is 1. The van der Waals surface area contributed by atoms with E-state index in [2.05, 4.69) is 48.1 Å². The van der Waals surface area contributed by atoms with Crippen molar-refractivity contribution in [3.8, 4) is 5.75 Å². The van der Waals surface area contributed by atoms with E-state index in [0.29, 0.717) is 0 Å². The standard InChI is InChI=1S/C18H29N3OS.HI/c1-14-6-7-16(22-5)15(12-14)8-9-20-17(19-4)21-10-11-23-18(2,3)13-21;/h6-7,12H,8-11,13H2,1-5H3,(H,19,20);1H. The second-order valence-corrected chi connectivity index (χ2v) is 8.37. The monoisotopic (exact) mass is 463 g/mol. The number of aliphatic imine (C=N–C) groups is 1. The summed E-state index contributed by atoms with van der Waals surface area (Å²) in [6.07, 6.45) is 0.926. The van der Waals surface area contributed by atoms with E-state index in [1.54, 1.807) is 7.11 Å². The summed E-state index contributed by atoms with van der Waals surface area (Å²) in [7, 11) is 3.60. The molecule has 0 bridgehead atoms. The molecule has 2 rings (SSSR count). The fourth-order valence-corrected chi connectivity index (χ4v) is 4.05. The molecule has 0 amide bonds. The molecule has 1 N–H and O–H groups in total. The lowest BCUT2D eigenvalue weighted by atomic mass is 10.1. The zero-order chi connectivity index (χ0) is 16.9. The molecule has 0 atom stereocenters. The van der Waals surface area contributed by atoms with Crippen molar-refractivity contribution in [2.75, 3.05) is 39.5 Å². The Labute approximate surface area is 167 Å². The molecule has 1 saturated heterocycles. The highest BCUT2D eigenvalue weighted by Crippen LogP contribution is 2.29. The number of hydrogen-bond donors (Lipinski definition) is 1. The van der Waals surface area contributed by atoms with Gasteiger partial charge < -0.3 is 15.0 Å². The molecule has 1 aliphatic rings. The molecule has 1 fully saturated rings. The number of nitrogens with one attached hydrogen (secondary N) is 1. The van der Waals surface area contributed by atoms with E-state index < -0.39 is 0 Å². The van der Waals surface area contributed by atoms with Gasteiger partial charge in [-0.25, -0.2) is 0 Å². The van der Waals surface area contributed by atoms with Crippen LogP contribution in [0.3, 0.4) is 0 Å². The summed E-state index contributed by atoms with van der Waals surface area (Å²) in [6, 6.07) is 6.33. The Hall–Kier alpha value is -0.630. The molecule has 0 aliphatic carbocycles. The Morgan fingerprint density at radius 2 is 2.17 bits per heavy atom. The third kappa shape index (κ3) is 6.02. The maximum Gasteiger partial charge on any atom is 0.193 e. The van der Waals surface area contributed by atoms with Gasteiger partial charge in [0.15, 0.2) is 5.96 Å². The minimum atomic E-state index is 0. The molecular formula is C18H30IN3OS. The highest BCUT2D eigenvalue weighted by Gasteiger charge is 2.28. The molecule has 0 radical (unpaired) electrons. The quantitative estimate of drug-likeness (QED) is 0.421. The maximum atomic E-state index is 5.46. The van der Waals surface area contributed by atoms with E-state index >= 15 is 0 Å². The number of aryl methyl sites for hydroxylation is 1. The molecule has 0 spiro atoms. The predicted molar refractivity (Wildman–Crippen MR) is 116 cm³/mol. The number of thioether (sulfide) groups is 1. The van der Waals surface area contributed by atoms with E-state index in [-0.39, 0.29) is 28.7 Å². The molecule has 1 aliphatic heterocycles. The van der Waals surface area contributed by atoms with Crippen molar-refractivity contribution in [2.24, 2.45) is 4.99 Å². The highest BCUT2D eigenvalue weighted by atomic mass is 127. The Bertz CT molecular complexity index is 563. The summed E-state index contributed by atoms with van der Waals surface area (Å²) < 4.78 is 5.74. The first-order valence-electron chi connectivity index (χ1n) is 8.18. The first-order valence-corrected chi connectivity index (χ1v) is 9.17. The van der Waals surface area contributed by atoms with Gasteiger partial charge in [-0.3, -0.25) is 4.99 Å². The summed E-state index contributed by atoms with van der Waals surface area (Å²) in [6.45, 7) is 9.66. The molecule has 1 aromatic rings. The van der Waals surface area contributed by atoms with Gasteiger partial charge in [-0.15, -0.1) is 24.0 Å². The van der Waals surface area contributed by atoms with Crippen molar-refractivity contribution >= 4 is 41.7 Å². The van der Waals surface area contributed by atoms with Gasteiger partial charge in [0.1, 0.15) is 5.75 Å². The van der Waals surface area contributed by atoms with Crippen LogP contribution in [0.15, 0.2) is 23.2 Å². The van der Waals surface area contributed by atoms with Crippen molar-refractivity contribution in [2.45, 2.75) is 31.9 Å². The summed E-state index contributed by atoms with van der Waals surface area (Å²) in [5.74, 6) is 3.12. The zero-order valence-corrected chi connectivity index (χ0v) is 18.5. The Kier molecular flexibility index (Phi) is 8.70. The van der Waals surface area contributed by atoms with Crippen LogP contribution in [0.5, 0.6) is 5.75 Å². The second kappa shape index (κ2) is 9.75. The van der Waals surface area contributed by atoms with Crippen LogP contribution < -0.4 is 10.1 Å². The van der Waals surface area contributed by atoms with Gasteiger partial charge >= 0.3 is 0 Å². The maximum absolute atomic E-state index is 5.46. The van der Waals surface area contributed by atoms with E-state index in [1.165, 1.54) is 11.1 Å². The largest absolute Gasteiger partial charge is 0.496 e. The van der Waals surface area contributed by atoms with Crippen LogP contribution in [0.4, 0.5) is 0 Å². The molecule has 136 valence electrons. The number of hydrogen-bond acceptors (Lipinski definition) is 3.